The van der Waals surface area contributed by atoms with Gasteiger partial charge in [0.1, 0.15) is 5.75 Å². The van der Waals surface area contributed by atoms with E-state index >= 15 is 0 Å². The van der Waals surface area contributed by atoms with Crippen LogP contribution in [-0.4, -0.2) is 24.8 Å². The van der Waals surface area contributed by atoms with Crippen molar-refractivity contribution < 1.29 is 9.47 Å². The Morgan fingerprint density at radius 1 is 0.556 bits per heavy atom. The highest BCUT2D eigenvalue weighted by molar-refractivity contribution is 5.60. The van der Waals surface area contributed by atoms with Crippen LogP contribution >= 0.6 is 0 Å². The fourth-order valence-corrected chi connectivity index (χ4v) is 4.53. The second-order valence-corrected chi connectivity index (χ2v) is 10.2. The van der Waals surface area contributed by atoms with Gasteiger partial charge in [0.2, 0.25) is 0 Å². The maximum Gasteiger partial charge on any atom is 0.119 e. The van der Waals surface area contributed by atoms with E-state index in [1.165, 1.54) is 95.5 Å². The number of ether oxygens (including phenoxy) is 2. The molecule has 0 amide bonds. The third kappa shape index (κ3) is 14.6. The summed E-state index contributed by atoms with van der Waals surface area (Å²) in [5, 5.41) is 0. The maximum absolute atomic E-state index is 5.95. The Morgan fingerprint density at radius 2 is 1.11 bits per heavy atom. The van der Waals surface area contributed by atoms with E-state index in [-0.39, 0.29) is 0 Å². The van der Waals surface area contributed by atoms with Crippen molar-refractivity contribution in [1.29, 1.82) is 0 Å². The molecule has 0 aliphatic heterocycles. The van der Waals surface area contributed by atoms with E-state index in [0.29, 0.717) is 0 Å². The number of unbranched alkanes of at least 4 members (excludes halogenated alkanes) is 13. The normalized spacial score (nSPS) is 11.2. The first-order chi connectivity index (χ1) is 17.8. The summed E-state index contributed by atoms with van der Waals surface area (Å²) in [6.45, 7) is 7.09. The van der Waals surface area contributed by atoms with Gasteiger partial charge in [0.05, 0.1) is 12.3 Å². The molecule has 0 bridgehead atoms. The molecule has 202 valence electrons. The highest BCUT2D eigenvalue weighted by Gasteiger charge is 2.02. The highest BCUT2D eigenvalue weighted by atomic mass is 16.5. The monoisotopic (exact) mass is 495 g/mol. The third-order valence-electron chi connectivity index (χ3n) is 6.89. The van der Waals surface area contributed by atoms with Crippen LogP contribution in [0.4, 0.5) is 0 Å². The van der Waals surface area contributed by atoms with Crippen molar-refractivity contribution in [3.8, 4) is 17.0 Å². The molecular weight excluding hydrogens is 442 g/mol. The average Bonchev–Trinajstić information content (AvgIpc) is 2.91. The first kappa shape index (κ1) is 30.4. The number of nitrogens with zero attached hydrogens (tertiary/aromatic N) is 1. The summed E-state index contributed by atoms with van der Waals surface area (Å²) < 4.78 is 11.7. The summed E-state index contributed by atoms with van der Waals surface area (Å²) in [6.07, 6.45) is 24.1. The summed E-state index contributed by atoms with van der Waals surface area (Å²) >= 11 is 0. The lowest BCUT2D eigenvalue weighted by atomic mass is 10.1. The molecular formula is C33H53NO2. The van der Waals surface area contributed by atoms with Crippen LogP contribution < -0.4 is 4.74 Å². The number of benzene rings is 1. The predicted octanol–water partition coefficient (Wildman–Crippen LogP) is 9.97. The van der Waals surface area contributed by atoms with Crippen molar-refractivity contribution in [2.45, 2.75) is 123 Å². The van der Waals surface area contributed by atoms with Crippen LogP contribution in [0.25, 0.3) is 11.3 Å². The van der Waals surface area contributed by atoms with Crippen molar-refractivity contribution in [2.24, 2.45) is 0 Å². The number of aromatic nitrogens is 1. The first-order valence-corrected chi connectivity index (χ1v) is 15.1. The van der Waals surface area contributed by atoms with E-state index in [4.69, 9.17) is 9.47 Å². The zero-order valence-corrected chi connectivity index (χ0v) is 23.4. The second-order valence-electron chi connectivity index (χ2n) is 10.2. The van der Waals surface area contributed by atoms with E-state index in [1.807, 2.05) is 6.20 Å². The van der Waals surface area contributed by atoms with E-state index < -0.39 is 0 Å². The maximum atomic E-state index is 5.95. The third-order valence-corrected chi connectivity index (χ3v) is 6.89. The number of rotatable bonds is 23. The number of aryl methyl sites for hydroxylation is 1. The molecule has 2 aromatic rings. The summed E-state index contributed by atoms with van der Waals surface area (Å²) in [7, 11) is 0. The molecule has 3 nitrogen and oxygen atoms in total. The quantitative estimate of drug-likeness (QED) is 0.144. The van der Waals surface area contributed by atoms with Gasteiger partial charge in [-0.25, -0.2) is 0 Å². The predicted molar refractivity (Wildman–Crippen MR) is 155 cm³/mol. The van der Waals surface area contributed by atoms with Crippen molar-refractivity contribution in [3.63, 3.8) is 0 Å². The molecule has 0 saturated heterocycles. The number of pyridine rings is 1. The lowest BCUT2D eigenvalue weighted by molar-refractivity contribution is 0.127. The molecule has 36 heavy (non-hydrogen) atoms. The molecule has 0 fully saturated rings. The van der Waals surface area contributed by atoms with Crippen molar-refractivity contribution in [1.82, 2.24) is 4.98 Å². The second kappa shape index (κ2) is 21.2. The van der Waals surface area contributed by atoms with Gasteiger partial charge in [-0.2, -0.15) is 0 Å². The average molecular weight is 496 g/mol. The summed E-state index contributed by atoms with van der Waals surface area (Å²) in [5.74, 6) is 0.955. The molecule has 0 aliphatic carbocycles. The van der Waals surface area contributed by atoms with E-state index in [2.05, 4.69) is 55.2 Å². The van der Waals surface area contributed by atoms with Gasteiger partial charge in [0.25, 0.3) is 0 Å². The Bertz CT molecular complexity index is 741. The number of hydrogen-bond donors (Lipinski definition) is 0. The minimum absolute atomic E-state index is 0.811. The van der Waals surface area contributed by atoms with Gasteiger partial charge in [0, 0.05) is 25.0 Å². The molecule has 0 unspecified atom stereocenters. The molecule has 2 rings (SSSR count). The molecule has 0 radical (unpaired) electrons. The lowest BCUT2D eigenvalue weighted by Gasteiger charge is -2.08. The minimum atomic E-state index is 0.811. The minimum Gasteiger partial charge on any atom is -0.494 e. The van der Waals surface area contributed by atoms with Crippen LogP contribution in [0.1, 0.15) is 122 Å². The molecule has 1 aromatic heterocycles. The van der Waals surface area contributed by atoms with Gasteiger partial charge in [0.15, 0.2) is 0 Å². The van der Waals surface area contributed by atoms with E-state index in [1.54, 1.807) is 0 Å². The van der Waals surface area contributed by atoms with Crippen molar-refractivity contribution >= 4 is 0 Å². The van der Waals surface area contributed by atoms with Crippen LogP contribution in [-0.2, 0) is 11.2 Å². The van der Waals surface area contributed by atoms with E-state index in [9.17, 15) is 0 Å². The fraction of sp³-hybridized carbons (Fsp3) is 0.667. The van der Waals surface area contributed by atoms with Crippen LogP contribution in [0.15, 0.2) is 42.6 Å². The molecule has 1 aromatic carbocycles. The molecule has 0 saturated carbocycles. The van der Waals surface area contributed by atoms with Gasteiger partial charge in [-0.1, -0.05) is 103 Å². The zero-order valence-electron chi connectivity index (χ0n) is 23.4. The Hall–Kier alpha value is -1.87. The van der Waals surface area contributed by atoms with Gasteiger partial charge in [-0.05, 0) is 61.6 Å². The Morgan fingerprint density at radius 3 is 1.69 bits per heavy atom. The molecule has 0 aliphatic rings. The summed E-state index contributed by atoms with van der Waals surface area (Å²) in [4.78, 5) is 4.69. The Labute approximate surface area is 222 Å². The smallest absolute Gasteiger partial charge is 0.119 e. The Balaban J connectivity index is 1.53. The molecule has 3 heteroatoms. The van der Waals surface area contributed by atoms with Gasteiger partial charge < -0.3 is 9.47 Å². The molecule has 0 spiro atoms. The van der Waals surface area contributed by atoms with E-state index in [0.717, 1.165) is 56.1 Å². The molecule has 1 heterocycles. The van der Waals surface area contributed by atoms with Gasteiger partial charge >= 0.3 is 0 Å². The largest absolute Gasteiger partial charge is 0.494 e. The lowest BCUT2D eigenvalue weighted by Crippen LogP contribution is -1.99. The molecule has 0 atom stereocenters. The first-order valence-electron chi connectivity index (χ1n) is 15.1. The standard InChI is InChI=1S/C33H53NO2/c1-3-5-7-9-10-11-12-13-15-17-28-36-32-23-21-31(22-24-32)33-25-20-30(29-34-33)19-18-27-35-26-16-14-8-6-4-2/h20-25,29H,3-19,26-28H2,1-2H3. The van der Waals surface area contributed by atoms with Crippen LogP contribution in [0.2, 0.25) is 0 Å². The van der Waals surface area contributed by atoms with Crippen LogP contribution in [0.3, 0.4) is 0 Å². The highest BCUT2D eigenvalue weighted by Crippen LogP contribution is 2.21. The SMILES string of the molecule is CCCCCCCCCCCCOc1ccc(-c2ccc(CCCOCCCCCCC)cn2)cc1. The van der Waals surface area contributed by atoms with Gasteiger partial charge in [-0.15, -0.1) is 0 Å². The van der Waals surface area contributed by atoms with Crippen molar-refractivity contribution in [3.05, 3.63) is 48.2 Å². The Kier molecular flexibility index (Phi) is 17.9. The zero-order chi connectivity index (χ0) is 25.5. The fourth-order valence-electron chi connectivity index (χ4n) is 4.53. The summed E-state index contributed by atoms with van der Waals surface area (Å²) in [5.41, 5.74) is 3.43. The van der Waals surface area contributed by atoms with Crippen LogP contribution in [0, 0.1) is 0 Å². The van der Waals surface area contributed by atoms with Crippen LogP contribution in [0.5, 0.6) is 5.75 Å². The number of hydrogen-bond acceptors (Lipinski definition) is 3. The topological polar surface area (TPSA) is 31.4 Å². The summed E-state index contributed by atoms with van der Waals surface area (Å²) in [6, 6.07) is 12.7. The van der Waals surface area contributed by atoms with Crippen molar-refractivity contribution in [2.75, 3.05) is 19.8 Å². The molecule has 0 N–H and O–H groups in total. The van der Waals surface area contributed by atoms with Gasteiger partial charge in [-0.3, -0.25) is 4.98 Å².